The molecule has 0 saturated carbocycles. The van der Waals surface area contributed by atoms with E-state index in [1.54, 1.807) is 0 Å². The van der Waals surface area contributed by atoms with E-state index in [1.807, 2.05) is 30.3 Å². The van der Waals surface area contributed by atoms with Crippen LogP contribution in [0.25, 0.3) is 21.9 Å². The quantitative estimate of drug-likeness (QED) is 0.720. The van der Waals surface area contributed by atoms with Crippen LogP contribution in [0.15, 0.2) is 60.7 Å². The van der Waals surface area contributed by atoms with Gasteiger partial charge in [0.2, 0.25) is 0 Å². The molecule has 0 amide bonds. The highest BCUT2D eigenvalue weighted by molar-refractivity contribution is 6.33. The maximum atomic E-state index is 6.34. The van der Waals surface area contributed by atoms with Gasteiger partial charge in [0.05, 0.1) is 0 Å². The molecular formula is C17H14ClN. The van der Waals surface area contributed by atoms with Crippen LogP contribution in [-0.4, -0.2) is 0 Å². The number of rotatable bonds is 2. The lowest BCUT2D eigenvalue weighted by molar-refractivity contribution is 1.07. The van der Waals surface area contributed by atoms with Gasteiger partial charge in [-0.25, -0.2) is 0 Å². The Labute approximate surface area is 117 Å². The molecule has 0 aromatic heterocycles. The minimum atomic E-state index is 0.512. The van der Waals surface area contributed by atoms with Crippen LogP contribution in [0.4, 0.5) is 0 Å². The molecule has 2 N–H and O–H groups in total. The summed E-state index contributed by atoms with van der Waals surface area (Å²) in [5.41, 5.74) is 8.85. The second-order valence-electron chi connectivity index (χ2n) is 4.58. The van der Waals surface area contributed by atoms with Gasteiger partial charge in [0.15, 0.2) is 0 Å². The SMILES string of the molecule is NCc1ccc(-c2ccc3ccccc3c2)c(Cl)c1. The van der Waals surface area contributed by atoms with Crippen molar-refractivity contribution in [3.63, 3.8) is 0 Å². The summed E-state index contributed by atoms with van der Waals surface area (Å²) in [6.07, 6.45) is 0. The summed E-state index contributed by atoms with van der Waals surface area (Å²) >= 11 is 6.34. The number of hydrogen-bond acceptors (Lipinski definition) is 1. The summed E-state index contributed by atoms with van der Waals surface area (Å²) in [5.74, 6) is 0. The second kappa shape index (κ2) is 5.04. The van der Waals surface area contributed by atoms with Gasteiger partial charge in [-0.3, -0.25) is 0 Å². The molecule has 19 heavy (non-hydrogen) atoms. The highest BCUT2D eigenvalue weighted by Gasteiger charge is 2.05. The van der Waals surface area contributed by atoms with Gasteiger partial charge in [0, 0.05) is 17.1 Å². The fraction of sp³-hybridized carbons (Fsp3) is 0.0588. The van der Waals surface area contributed by atoms with Crippen molar-refractivity contribution < 1.29 is 0 Å². The van der Waals surface area contributed by atoms with Crippen molar-refractivity contribution in [1.82, 2.24) is 0 Å². The lowest BCUT2D eigenvalue weighted by Gasteiger charge is -2.08. The van der Waals surface area contributed by atoms with Crippen LogP contribution in [0.3, 0.4) is 0 Å². The van der Waals surface area contributed by atoms with Crippen LogP contribution in [0.5, 0.6) is 0 Å². The van der Waals surface area contributed by atoms with Crippen LogP contribution >= 0.6 is 11.6 Å². The number of hydrogen-bond donors (Lipinski definition) is 1. The van der Waals surface area contributed by atoms with Gasteiger partial charge in [-0.1, -0.05) is 60.1 Å². The Hall–Kier alpha value is -1.83. The highest BCUT2D eigenvalue weighted by Crippen LogP contribution is 2.30. The van der Waals surface area contributed by atoms with Gasteiger partial charge in [-0.15, -0.1) is 0 Å². The summed E-state index contributed by atoms with van der Waals surface area (Å²) in [6.45, 7) is 0.512. The van der Waals surface area contributed by atoms with Crippen LogP contribution in [0.1, 0.15) is 5.56 Å². The first-order valence-electron chi connectivity index (χ1n) is 6.25. The molecule has 3 aromatic carbocycles. The fourth-order valence-electron chi connectivity index (χ4n) is 2.28. The van der Waals surface area contributed by atoms with Gasteiger partial charge >= 0.3 is 0 Å². The topological polar surface area (TPSA) is 26.0 Å². The molecule has 0 aliphatic heterocycles. The number of fused-ring (bicyclic) bond motifs is 1. The normalized spacial score (nSPS) is 10.8. The summed E-state index contributed by atoms with van der Waals surface area (Å²) in [7, 11) is 0. The zero-order chi connectivity index (χ0) is 13.2. The third-order valence-electron chi connectivity index (χ3n) is 3.33. The molecule has 0 heterocycles. The minimum Gasteiger partial charge on any atom is -0.326 e. The van der Waals surface area contributed by atoms with Crippen LogP contribution in [0.2, 0.25) is 5.02 Å². The van der Waals surface area contributed by atoms with Gasteiger partial charge in [0.1, 0.15) is 0 Å². The zero-order valence-corrected chi connectivity index (χ0v) is 11.2. The molecular weight excluding hydrogens is 254 g/mol. The smallest absolute Gasteiger partial charge is 0.0487 e. The van der Waals surface area contributed by atoms with Crippen molar-refractivity contribution in [3.8, 4) is 11.1 Å². The average molecular weight is 268 g/mol. The van der Waals surface area contributed by atoms with E-state index in [2.05, 4.69) is 30.3 Å². The first kappa shape index (κ1) is 12.2. The van der Waals surface area contributed by atoms with Crippen molar-refractivity contribution in [2.45, 2.75) is 6.54 Å². The Bertz CT molecular complexity index is 734. The molecule has 2 heteroatoms. The first-order valence-corrected chi connectivity index (χ1v) is 6.63. The first-order chi connectivity index (χ1) is 9.28. The maximum absolute atomic E-state index is 6.34. The van der Waals surface area contributed by atoms with E-state index in [0.717, 1.165) is 21.7 Å². The summed E-state index contributed by atoms with van der Waals surface area (Å²) in [6, 6.07) is 20.7. The summed E-state index contributed by atoms with van der Waals surface area (Å²) in [4.78, 5) is 0. The Morgan fingerprint density at radius 1 is 0.842 bits per heavy atom. The maximum Gasteiger partial charge on any atom is 0.0487 e. The molecule has 1 nitrogen and oxygen atoms in total. The van der Waals surface area contributed by atoms with Crippen LogP contribution in [0, 0.1) is 0 Å². The van der Waals surface area contributed by atoms with Crippen molar-refractivity contribution in [3.05, 3.63) is 71.2 Å². The number of benzene rings is 3. The standard InChI is InChI=1S/C17H14ClN/c18-17-9-12(11-19)5-8-16(17)15-7-6-13-3-1-2-4-14(13)10-15/h1-10H,11,19H2. The molecule has 0 saturated heterocycles. The van der Waals surface area contributed by atoms with Gasteiger partial charge in [-0.2, -0.15) is 0 Å². The van der Waals surface area contributed by atoms with E-state index in [0.29, 0.717) is 6.54 Å². The predicted molar refractivity (Wildman–Crippen MR) is 82.3 cm³/mol. The molecule has 3 aromatic rings. The Morgan fingerprint density at radius 3 is 2.37 bits per heavy atom. The second-order valence-corrected chi connectivity index (χ2v) is 4.99. The van der Waals surface area contributed by atoms with Crippen molar-refractivity contribution in [2.24, 2.45) is 5.73 Å². The number of halogens is 1. The molecule has 0 bridgehead atoms. The predicted octanol–water partition coefficient (Wildman–Crippen LogP) is 4.62. The van der Waals surface area contributed by atoms with Crippen LogP contribution in [-0.2, 0) is 6.54 Å². The minimum absolute atomic E-state index is 0.512. The molecule has 0 radical (unpaired) electrons. The number of nitrogens with two attached hydrogens (primary N) is 1. The van der Waals surface area contributed by atoms with E-state index < -0.39 is 0 Å². The van der Waals surface area contributed by atoms with Crippen LogP contribution < -0.4 is 5.73 Å². The largest absolute Gasteiger partial charge is 0.326 e. The van der Waals surface area contributed by atoms with E-state index in [9.17, 15) is 0 Å². The molecule has 3 rings (SSSR count). The van der Waals surface area contributed by atoms with E-state index in [4.69, 9.17) is 17.3 Å². The van der Waals surface area contributed by atoms with Gasteiger partial charge in [0.25, 0.3) is 0 Å². The molecule has 94 valence electrons. The van der Waals surface area contributed by atoms with Crippen molar-refractivity contribution >= 4 is 22.4 Å². The van der Waals surface area contributed by atoms with E-state index in [1.165, 1.54) is 10.8 Å². The highest BCUT2D eigenvalue weighted by atomic mass is 35.5. The fourth-order valence-corrected chi connectivity index (χ4v) is 2.59. The zero-order valence-electron chi connectivity index (χ0n) is 10.4. The van der Waals surface area contributed by atoms with E-state index in [-0.39, 0.29) is 0 Å². The lowest BCUT2D eigenvalue weighted by Crippen LogP contribution is -1.95. The van der Waals surface area contributed by atoms with Gasteiger partial charge < -0.3 is 5.73 Å². The molecule has 0 aliphatic carbocycles. The molecule has 0 atom stereocenters. The van der Waals surface area contributed by atoms with Crippen molar-refractivity contribution in [2.75, 3.05) is 0 Å². The third-order valence-corrected chi connectivity index (χ3v) is 3.64. The molecule has 0 aliphatic rings. The van der Waals surface area contributed by atoms with Gasteiger partial charge in [-0.05, 0) is 34.0 Å². The third kappa shape index (κ3) is 2.35. The average Bonchev–Trinajstić information content (AvgIpc) is 2.46. The Kier molecular flexibility index (Phi) is 3.24. The molecule has 0 spiro atoms. The summed E-state index contributed by atoms with van der Waals surface area (Å²) < 4.78 is 0. The molecule has 0 fully saturated rings. The van der Waals surface area contributed by atoms with Crippen molar-refractivity contribution in [1.29, 1.82) is 0 Å². The summed E-state index contributed by atoms with van der Waals surface area (Å²) in [5, 5.41) is 3.21. The monoisotopic (exact) mass is 267 g/mol. The van der Waals surface area contributed by atoms with E-state index >= 15 is 0 Å². The Balaban J connectivity index is 2.13. The molecule has 0 unspecified atom stereocenters. The lowest BCUT2D eigenvalue weighted by atomic mass is 10.0. The Morgan fingerprint density at radius 2 is 1.63 bits per heavy atom.